The fourth-order valence-electron chi connectivity index (χ4n) is 2.67. The summed E-state index contributed by atoms with van der Waals surface area (Å²) in [6.45, 7) is 8.37. The van der Waals surface area contributed by atoms with E-state index >= 15 is 0 Å². The Kier molecular flexibility index (Phi) is 4.37. The van der Waals surface area contributed by atoms with Crippen LogP contribution in [-0.2, 0) is 9.53 Å². The van der Waals surface area contributed by atoms with E-state index in [0.717, 1.165) is 12.3 Å². The van der Waals surface area contributed by atoms with Gasteiger partial charge >= 0.3 is 5.97 Å². The SMILES string of the molecule is C=C(C)[C@H]1CC[C@H](C)C[C@@H]1CC(=O)OC. The Labute approximate surface area is 92.7 Å². The van der Waals surface area contributed by atoms with Crippen molar-refractivity contribution < 1.29 is 9.53 Å². The molecule has 0 heterocycles. The third kappa shape index (κ3) is 3.37. The van der Waals surface area contributed by atoms with Crippen LogP contribution >= 0.6 is 0 Å². The second-order valence-corrected chi connectivity index (χ2v) is 4.91. The molecule has 0 aromatic heterocycles. The molecule has 0 N–H and O–H groups in total. The van der Waals surface area contributed by atoms with Gasteiger partial charge in [0.15, 0.2) is 0 Å². The maximum absolute atomic E-state index is 11.3. The molecule has 1 aliphatic carbocycles. The fraction of sp³-hybridized carbons (Fsp3) is 0.769. The Bertz CT molecular complexity index is 245. The quantitative estimate of drug-likeness (QED) is 0.528. The van der Waals surface area contributed by atoms with Crippen molar-refractivity contribution in [3.05, 3.63) is 12.2 Å². The van der Waals surface area contributed by atoms with E-state index in [0.29, 0.717) is 18.3 Å². The van der Waals surface area contributed by atoms with Crippen LogP contribution in [0.4, 0.5) is 0 Å². The van der Waals surface area contributed by atoms with E-state index in [-0.39, 0.29) is 5.97 Å². The third-order valence-corrected chi connectivity index (χ3v) is 3.53. The minimum absolute atomic E-state index is 0.0830. The Morgan fingerprint density at radius 1 is 1.47 bits per heavy atom. The molecule has 2 heteroatoms. The van der Waals surface area contributed by atoms with Gasteiger partial charge in [-0.3, -0.25) is 4.79 Å². The highest BCUT2D eigenvalue weighted by atomic mass is 16.5. The van der Waals surface area contributed by atoms with Gasteiger partial charge in [0, 0.05) is 6.42 Å². The molecular formula is C13H22O2. The zero-order valence-electron chi connectivity index (χ0n) is 10.1. The molecule has 3 atom stereocenters. The van der Waals surface area contributed by atoms with Crippen LogP contribution in [0.15, 0.2) is 12.2 Å². The molecule has 1 rings (SSSR count). The van der Waals surface area contributed by atoms with E-state index in [4.69, 9.17) is 4.74 Å². The summed E-state index contributed by atoms with van der Waals surface area (Å²) in [6, 6.07) is 0. The number of ether oxygens (including phenoxy) is 1. The molecule has 1 aliphatic rings. The van der Waals surface area contributed by atoms with Crippen LogP contribution in [0.5, 0.6) is 0 Å². The van der Waals surface area contributed by atoms with Crippen molar-refractivity contribution in [3.8, 4) is 0 Å². The summed E-state index contributed by atoms with van der Waals surface area (Å²) in [4.78, 5) is 11.3. The van der Waals surface area contributed by atoms with Gasteiger partial charge in [-0.25, -0.2) is 0 Å². The number of methoxy groups -OCH3 is 1. The molecule has 2 nitrogen and oxygen atoms in total. The molecule has 0 aromatic rings. The fourth-order valence-corrected chi connectivity index (χ4v) is 2.67. The van der Waals surface area contributed by atoms with E-state index in [2.05, 4.69) is 20.4 Å². The Morgan fingerprint density at radius 2 is 2.13 bits per heavy atom. The average molecular weight is 210 g/mol. The van der Waals surface area contributed by atoms with E-state index in [1.165, 1.54) is 25.5 Å². The molecule has 0 unspecified atom stereocenters. The van der Waals surface area contributed by atoms with Crippen molar-refractivity contribution in [2.45, 2.75) is 39.5 Å². The first-order valence-corrected chi connectivity index (χ1v) is 5.76. The number of hydrogen-bond donors (Lipinski definition) is 0. The number of carbonyl (C=O) groups is 1. The topological polar surface area (TPSA) is 26.3 Å². The average Bonchev–Trinajstić information content (AvgIpc) is 2.17. The molecule has 15 heavy (non-hydrogen) atoms. The van der Waals surface area contributed by atoms with Crippen molar-refractivity contribution in [1.82, 2.24) is 0 Å². The molecular weight excluding hydrogens is 188 g/mol. The first-order chi connectivity index (χ1) is 7.04. The maximum atomic E-state index is 11.3. The predicted molar refractivity (Wildman–Crippen MR) is 61.4 cm³/mol. The van der Waals surface area contributed by atoms with Crippen LogP contribution in [0.25, 0.3) is 0 Å². The number of hydrogen-bond acceptors (Lipinski definition) is 2. The lowest BCUT2D eigenvalue weighted by Crippen LogP contribution is -2.27. The maximum Gasteiger partial charge on any atom is 0.305 e. The Morgan fingerprint density at radius 3 is 2.67 bits per heavy atom. The van der Waals surface area contributed by atoms with E-state index in [9.17, 15) is 4.79 Å². The van der Waals surface area contributed by atoms with Crippen LogP contribution in [0.2, 0.25) is 0 Å². The van der Waals surface area contributed by atoms with Gasteiger partial charge in [0.1, 0.15) is 0 Å². The first kappa shape index (κ1) is 12.3. The minimum Gasteiger partial charge on any atom is -0.469 e. The Hall–Kier alpha value is -0.790. The zero-order chi connectivity index (χ0) is 11.4. The van der Waals surface area contributed by atoms with Crippen molar-refractivity contribution in [2.75, 3.05) is 7.11 Å². The summed E-state index contributed by atoms with van der Waals surface area (Å²) >= 11 is 0. The van der Waals surface area contributed by atoms with Gasteiger partial charge < -0.3 is 4.74 Å². The van der Waals surface area contributed by atoms with Crippen molar-refractivity contribution >= 4 is 5.97 Å². The lowest BCUT2D eigenvalue weighted by atomic mass is 9.71. The minimum atomic E-state index is -0.0830. The molecule has 0 amide bonds. The highest BCUT2D eigenvalue weighted by molar-refractivity contribution is 5.69. The number of rotatable bonds is 3. The van der Waals surface area contributed by atoms with E-state index in [1.807, 2.05) is 0 Å². The largest absolute Gasteiger partial charge is 0.469 e. The molecule has 0 spiro atoms. The summed E-state index contributed by atoms with van der Waals surface area (Å²) in [7, 11) is 1.46. The van der Waals surface area contributed by atoms with Crippen LogP contribution < -0.4 is 0 Å². The molecule has 86 valence electrons. The van der Waals surface area contributed by atoms with Gasteiger partial charge in [-0.15, -0.1) is 0 Å². The molecule has 0 aromatic carbocycles. The summed E-state index contributed by atoms with van der Waals surface area (Å²) < 4.78 is 4.75. The normalized spacial score (nSPS) is 31.0. The van der Waals surface area contributed by atoms with Gasteiger partial charge in [-0.05, 0) is 37.5 Å². The van der Waals surface area contributed by atoms with Gasteiger partial charge in [0.2, 0.25) is 0 Å². The summed E-state index contributed by atoms with van der Waals surface area (Å²) in [5.41, 5.74) is 1.22. The predicted octanol–water partition coefficient (Wildman–Crippen LogP) is 3.18. The molecule has 1 fully saturated rings. The lowest BCUT2D eigenvalue weighted by molar-refractivity contribution is -0.142. The molecule has 1 saturated carbocycles. The van der Waals surface area contributed by atoms with E-state index in [1.54, 1.807) is 0 Å². The monoisotopic (exact) mass is 210 g/mol. The van der Waals surface area contributed by atoms with Gasteiger partial charge in [0.05, 0.1) is 7.11 Å². The zero-order valence-corrected chi connectivity index (χ0v) is 10.1. The smallest absolute Gasteiger partial charge is 0.305 e. The number of esters is 1. The van der Waals surface area contributed by atoms with Crippen molar-refractivity contribution in [3.63, 3.8) is 0 Å². The van der Waals surface area contributed by atoms with Crippen LogP contribution in [0.1, 0.15) is 39.5 Å². The van der Waals surface area contributed by atoms with Gasteiger partial charge in [-0.1, -0.05) is 25.5 Å². The highest BCUT2D eigenvalue weighted by Gasteiger charge is 2.30. The summed E-state index contributed by atoms with van der Waals surface area (Å²) in [5, 5.41) is 0. The summed E-state index contributed by atoms with van der Waals surface area (Å²) in [6.07, 6.45) is 4.12. The lowest BCUT2D eigenvalue weighted by Gasteiger charge is -2.34. The Balaban J connectivity index is 2.61. The molecule has 0 radical (unpaired) electrons. The standard InChI is InChI=1S/C13H22O2/c1-9(2)12-6-5-10(3)7-11(12)8-13(14)15-4/h10-12H,1,5-8H2,2-4H3/t10-,11+,12+/m0/s1. The molecule has 0 saturated heterocycles. The molecule has 0 bridgehead atoms. The van der Waals surface area contributed by atoms with Crippen LogP contribution in [0.3, 0.4) is 0 Å². The van der Waals surface area contributed by atoms with Crippen LogP contribution in [0, 0.1) is 17.8 Å². The van der Waals surface area contributed by atoms with Gasteiger partial charge in [-0.2, -0.15) is 0 Å². The summed E-state index contributed by atoms with van der Waals surface area (Å²) in [5.74, 6) is 1.61. The third-order valence-electron chi connectivity index (χ3n) is 3.53. The van der Waals surface area contributed by atoms with Crippen molar-refractivity contribution in [2.24, 2.45) is 17.8 Å². The van der Waals surface area contributed by atoms with Crippen LogP contribution in [-0.4, -0.2) is 13.1 Å². The molecule has 0 aliphatic heterocycles. The first-order valence-electron chi connectivity index (χ1n) is 5.76. The van der Waals surface area contributed by atoms with Crippen molar-refractivity contribution in [1.29, 1.82) is 0 Å². The number of carbonyl (C=O) groups excluding carboxylic acids is 1. The van der Waals surface area contributed by atoms with E-state index < -0.39 is 0 Å². The highest BCUT2D eigenvalue weighted by Crippen LogP contribution is 2.39. The second-order valence-electron chi connectivity index (χ2n) is 4.91. The second kappa shape index (κ2) is 5.34. The number of allylic oxidation sites excluding steroid dienone is 1. The van der Waals surface area contributed by atoms with Gasteiger partial charge in [0.25, 0.3) is 0 Å².